The zero-order valence-corrected chi connectivity index (χ0v) is 18.0. The number of likely N-dealkylation sites (tertiary alicyclic amines) is 1. The SMILES string of the molecule is CN(C(=O)CC1CCN(C(=O)OC(C)(C)C)CC1)[C@H]1CCC[C@H]1S(C)(=O)=O. The molecule has 1 saturated heterocycles. The Balaban J connectivity index is 1.84. The van der Waals surface area contributed by atoms with Gasteiger partial charge in [0.1, 0.15) is 5.60 Å². The molecule has 27 heavy (non-hydrogen) atoms. The molecular weight excluding hydrogens is 368 g/mol. The maximum absolute atomic E-state index is 12.7. The monoisotopic (exact) mass is 402 g/mol. The van der Waals surface area contributed by atoms with E-state index in [4.69, 9.17) is 4.74 Å². The van der Waals surface area contributed by atoms with Crippen molar-refractivity contribution in [3.63, 3.8) is 0 Å². The number of nitrogens with zero attached hydrogens (tertiary/aromatic N) is 2. The van der Waals surface area contributed by atoms with Crippen LogP contribution in [0.15, 0.2) is 0 Å². The molecule has 7 nitrogen and oxygen atoms in total. The minimum absolute atomic E-state index is 0.00580. The van der Waals surface area contributed by atoms with E-state index in [0.29, 0.717) is 25.9 Å². The van der Waals surface area contributed by atoms with E-state index in [1.54, 1.807) is 16.8 Å². The molecule has 1 aliphatic carbocycles. The van der Waals surface area contributed by atoms with Crippen molar-refractivity contribution in [2.45, 2.75) is 76.2 Å². The first kappa shape index (κ1) is 22.0. The van der Waals surface area contributed by atoms with Crippen LogP contribution in [0.25, 0.3) is 0 Å². The second-order valence-electron chi connectivity index (χ2n) is 8.99. The van der Waals surface area contributed by atoms with Crippen LogP contribution in [0.2, 0.25) is 0 Å². The van der Waals surface area contributed by atoms with E-state index in [1.807, 2.05) is 20.8 Å². The van der Waals surface area contributed by atoms with Crippen molar-refractivity contribution in [2.24, 2.45) is 5.92 Å². The quantitative estimate of drug-likeness (QED) is 0.721. The molecule has 2 atom stereocenters. The summed E-state index contributed by atoms with van der Waals surface area (Å²) in [7, 11) is -1.42. The van der Waals surface area contributed by atoms with Crippen LogP contribution < -0.4 is 0 Å². The second kappa shape index (κ2) is 8.37. The fourth-order valence-corrected chi connectivity index (χ4v) is 5.56. The molecule has 1 saturated carbocycles. The lowest BCUT2D eigenvalue weighted by Crippen LogP contribution is -2.46. The average Bonchev–Trinajstić information content (AvgIpc) is 3.03. The first-order chi connectivity index (χ1) is 12.4. The van der Waals surface area contributed by atoms with Gasteiger partial charge in [0.25, 0.3) is 0 Å². The summed E-state index contributed by atoms with van der Waals surface area (Å²) in [5, 5.41) is -0.444. The first-order valence-corrected chi connectivity index (χ1v) is 11.8. The van der Waals surface area contributed by atoms with Gasteiger partial charge in [0, 0.05) is 38.9 Å². The number of carbonyl (C=O) groups is 2. The molecule has 1 aliphatic heterocycles. The number of rotatable bonds is 4. The molecule has 1 heterocycles. The Hall–Kier alpha value is -1.31. The summed E-state index contributed by atoms with van der Waals surface area (Å²) in [5.74, 6) is 0.225. The number of sulfone groups is 1. The highest BCUT2D eigenvalue weighted by molar-refractivity contribution is 7.91. The van der Waals surface area contributed by atoms with Crippen LogP contribution in [0.3, 0.4) is 0 Å². The number of ether oxygens (including phenoxy) is 1. The first-order valence-electron chi connectivity index (χ1n) is 9.81. The molecule has 0 aromatic rings. The summed E-state index contributed by atoms with van der Waals surface area (Å²) in [5.41, 5.74) is -0.510. The van der Waals surface area contributed by atoms with Crippen LogP contribution in [0.4, 0.5) is 4.79 Å². The minimum Gasteiger partial charge on any atom is -0.444 e. The van der Waals surface area contributed by atoms with Gasteiger partial charge in [-0.1, -0.05) is 0 Å². The molecule has 0 bridgehead atoms. The van der Waals surface area contributed by atoms with Gasteiger partial charge in [-0.25, -0.2) is 13.2 Å². The van der Waals surface area contributed by atoms with Crippen LogP contribution in [0.1, 0.15) is 59.3 Å². The topological polar surface area (TPSA) is 84.0 Å². The molecule has 0 aromatic carbocycles. The molecule has 0 radical (unpaired) electrons. The maximum atomic E-state index is 12.7. The molecule has 8 heteroatoms. The highest BCUT2D eigenvalue weighted by Gasteiger charge is 2.39. The Morgan fingerprint density at radius 2 is 1.70 bits per heavy atom. The molecule has 2 amide bonds. The standard InChI is InChI=1S/C19H34N2O5S/c1-19(2,3)26-18(23)21-11-9-14(10-12-21)13-17(22)20(4)15-7-6-8-16(15)27(5,24)25/h14-16H,6-13H2,1-5H3/t15-,16+/m0/s1. The number of amides is 2. The molecular formula is C19H34N2O5S. The third-order valence-electron chi connectivity index (χ3n) is 5.59. The van der Waals surface area contributed by atoms with Crippen molar-refractivity contribution >= 4 is 21.8 Å². The summed E-state index contributed by atoms with van der Waals surface area (Å²) in [6.45, 7) is 6.72. The largest absolute Gasteiger partial charge is 0.444 e. The van der Waals surface area contributed by atoms with Gasteiger partial charge in [-0.15, -0.1) is 0 Å². The van der Waals surface area contributed by atoms with Gasteiger partial charge < -0.3 is 14.5 Å². The van der Waals surface area contributed by atoms with Crippen molar-refractivity contribution in [2.75, 3.05) is 26.4 Å². The average molecular weight is 403 g/mol. The predicted octanol–water partition coefficient (Wildman–Crippen LogP) is 2.45. The minimum atomic E-state index is -3.15. The maximum Gasteiger partial charge on any atom is 0.410 e. The molecule has 0 spiro atoms. The van der Waals surface area contributed by atoms with Crippen molar-refractivity contribution in [3.8, 4) is 0 Å². The lowest BCUT2D eigenvalue weighted by Gasteiger charge is -2.35. The second-order valence-corrected chi connectivity index (χ2v) is 11.3. The smallest absolute Gasteiger partial charge is 0.410 e. The molecule has 0 unspecified atom stereocenters. The zero-order valence-electron chi connectivity index (χ0n) is 17.2. The van der Waals surface area contributed by atoms with E-state index < -0.39 is 20.7 Å². The van der Waals surface area contributed by atoms with Crippen LogP contribution >= 0.6 is 0 Å². The van der Waals surface area contributed by atoms with Crippen molar-refractivity contribution in [3.05, 3.63) is 0 Å². The third kappa shape index (κ3) is 6.09. The molecule has 156 valence electrons. The van der Waals surface area contributed by atoms with Crippen LogP contribution in [0, 0.1) is 5.92 Å². The number of hydrogen-bond donors (Lipinski definition) is 0. The van der Waals surface area contributed by atoms with Gasteiger partial charge in [0.05, 0.1) is 5.25 Å². The Labute approximate surface area is 163 Å². The molecule has 2 aliphatic rings. The van der Waals surface area contributed by atoms with E-state index in [2.05, 4.69) is 0 Å². The van der Waals surface area contributed by atoms with Crippen LogP contribution in [-0.4, -0.2) is 73.5 Å². The molecule has 0 aromatic heterocycles. The predicted molar refractivity (Wildman–Crippen MR) is 104 cm³/mol. The summed E-state index contributed by atoms with van der Waals surface area (Å²) >= 11 is 0. The number of piperidine rings is 1. The van der Waals surface area contributed by atoms with Crippen LogP contribution in [-0.2, 0) is 19.4 Å². The zero-order chi connectivity index (χ0) is 20.4. The summed E-state index contributed by atoms with van der Waals surface area (Å²) in [4.78, 5) is 28.2. The van der Waals surface area contributed by atoms with Crippen molar-refractivity contribution < 1.29 is 22.7 Å². The summed E-state index contributed by atoms with van der Waals surface area (Å²) in [6, 6.07) is -0.214. The van der Waals surface area contributed by atoms with E-state index >= 15 is 0 Å². The lowest BCUT2D eigenvalue weighted by molar-refractivity contribution is -0.133. The number of hydrogen-bond acceptors (Lipinski definition) is 5. The van der Waals surface area contributed by atoms with Gasteiger partial charge in [-0.05, 0) is 58.8 Å². The summed E-state index contributed by atoms with van der Waals surface area (Å²) in [6.07, 6.45) is 5.12. The van der Waals surface area contributed by atoms with Gasteiger partial charge in [-0.2, -0.15) is 0 Å². The highest BCUT2D eigenvalue weighted by Crippen LogP contribution is 2.30. The van der Waals surface area contributed by atoms with E-state index in [-0.39, 0.29) is 24.0 Å². The van der Waals surface area contributed by atoms with Crippen LogP contribution in [0.5, 0.6) is 0 Å². The molecule has 2 fully saturated rings. The van der Waals surface area contributed by atoms with E-state index in [1.165, 1.54) is 6.26 Å². The van der Waals surface area contributed by atoms with Gasteiger partial charge in [0.15, 0.2) is 9.84 Å². The fraction of sp³-hybridized carbons (Fsp3) is 0.895. The van der Waals surface area contributed by atoms with E-state index in [0.717, 1.165) is 25.7 Å². The fourth-order valence-electron chi connectivity index (χ4n) is 4.07. The lowest BCUT2D eigenvalue weighted by atomic mass is 9.93. The summed E-state index contributed by atoms with van der Waals surface area (Å²) < 4.78 is 29.3. The molecule has 0 N–H and O–H groups in total. The van der Waals surface area contributed by atoms with Gasteiger partial charge >= 0.3 is 6.09 Å². The van der Waals surface area contributed by atoms with Crippen molar-refractivity contribution in [1.29, 1.82) is 0 Å². The van der Waals surface area contributed by atoms with Gasteiger partial charge in [-0.3, -0.25) is 4.79 Å². The molecule has 2 rings (SSSR count). The normalized spacial score (nSPS) is 24.7. The third-order valence-corrected chi connectivity index (χ3v) is 7.24. The Morgan fingerprint density at radius 1 is 1.11 bits per heavy atom. The Kier molecular flexibility index (Phi) is 6.81. The Morgan fingerprint density at radius 3 is 2.22 bits per heavy atom. The number of carbonyl (C=O) groups excluding carboxylic acids is 2. The van der Waals surface area contributed by atoms with E-state index in [9.17, 15) is 18.0 Å². The highest BCUT2D eigenvalue weighted by atomic mass is 32.2. The van der Waals surface area contributed by atoms with Gasteiger partial charge in [0.2, 0.25) is 5.91 Å². The van der Waals surface area contributed by atoms with Crippen molar-refractivity contribution in [1.82, 2.24) is 9.80 Å². The Bertz CT molecular complexity index is 648.